The lowest BCUT2D eigenvalue weighted by Crippen LogP contribution is -2.19. The van der Waals surface area contributed by atoms with E-state index < -0.39 is 11.0 Å². The van der Waals surface area contributed by atoms with Crippen molar-refractivity contribution in [2.75, 3.05) is 0 Å². The van der Waals surface area contributed by atoms with Crippen LogP contribution in [0.1, 0.15) is 25.5 Å². The first kappa shape index (κ1) is 8.91. The summed E-state index contributed by atoms with van der Waals surface area (Å²) in [7, 11) is -0.998. The Bertz CT molecular complexity index is 349. The molecule has 0 saturated carbocycles. The van der Waals surface area contributed by atoms with Crippen molar-refractivity contribution in [3.63, 3.8) is 0 Å². The van der Waals surface area contributed by atoms with E-state index in [1.54, 1.807) is 0 Å². The molecule has 0 amide bonds. The van der Waals surface area contributed by atoms with E-state index >= 15 is 0 Å². The molecule has 1 heterocycles. The van der Waals surface area contributed by atoms with Gasteiger partial charge in [0.25, 0.3) is 0 Å². The number of fused-ring (bicyclic) bond motifs is 1. The molecule has 0 unspecified atom stereocenters. The van der Waals surface area contributed by atoms with Crippen LogP contribution in [0.2, 0.25) is 0 Å². The molecule has 2 rings (SSSR count). The largest absolute Gasteiger partial charge is 0.237 e. The van der Waals surface area contributed by atoms with Gasteiger partial charge >= 0.3 is 0 Å². The van der Waals surface area contributed by atoms with Gasteiger partial charge < -0.3 is 0 Å². The lowest BCUT2D eigenvalue weighted by atomic mass is 9.97. The van der Waals surface area contributed by atoms with E-state index in [2.05, 4.69) is 24.6 Å². The number of benzene rings is 1. The van der Waals surface area contributed by atoms with Gasteiger partial charge in [0, 0.05) is 6.04 Å². The molecule has 0 fully saturated rings. The Morgan fingerprint density at radius 3 is 2.77 bits per heavy atom. The van der Waals surface area contributed by atoms with Crippen LogP contribution in [0.5, 0.6) is 0 Å². The second-order valence-corrected chi connectivity index (χ2v) is 4.86. The SMILES string of the molecule is CC(C)[C@H]1N[S@@](=O)c2ccccc21. The third kappa shape index (κ3) is 1.42. The maximum absolute atomic E-state index is 11.6. The third-order valence-corrected chi connectivity index (χ3v) is 3.59. The van der Waals surface area contributed by atoms with Crippen LogP contribution in [0, 0.1) is 5.92 Å². The van der Waals surface area contributed by atoms with E-state index in [4.69, 9.17) is 0 Å². The summed E-state index contributed by atoms with van der Waals surface area (Å²) in [4.78, 5) is 0.946. The third-order valence-electron chi connectivity index (χ3n) is 2.35. The second kappa shape index (κ2) is 3.24. The van der Waals surface area contributed by atoms with Crippen molar-refractivity contribution in [3.05, 3.63) is 29.8 Å². The standard InChI is InChI=1S/C10H13NOS/c1-7(2)10-8-5-3-4-6-9(8)13(12)11-10/h3-7,10-11H,1-2H3/t10-,13+/m1/s1. The maximum Gasteiger partial charge on any atom is 0.125 e. The summed E-state index contributed by atoms with van der Waals surface area (Å²) < 4.78 is 14.7. The topological polar surface area (TPSA) is 29.1 Å². The van der Waals surface area contributed by atoms with Crippen molar-refractivity contribution in [1.29, 1.82) is 0 Å². The van der Waals surface area contributed by atoms with Gasteiger partial charge in [0.15, 0.2) is 0 Å². The number of nitrogens with one attached hydrogen (secondary N) is 1. The molecule has 1 aliphatic heterocycles. The van der Waals surface area contributed by atoms with Gasteiger partial charge in [-0.2, -0.15) is 0 Å². The summed E-state index contributed by atoms with van der Waals surface area (Å²) >= 11 is 0. The van der Waals surface area contributed by atoms with Crippen molar-refractivity contribution in [1.82, 2.24) is 4.72 Å². The molecule has 0 aliphatic carbocycles. The van der Waals surface area contributed by atoms with Crippen molar-refractivity contribution in [3.8, 4) is 0 Å². The molecule has 0 aromatic heterocycles. The zero-order valence-electron chi connectivity index (χ0n) is 7.78. The Morgan fingerprint density at radius 2 is 2.08 bits per heavy atom. The summed E-state index contributed by atoms with van der Waals surface area (Å²) in [5.74, 6) is 0.479. The highest BCUT2D eigenvalue weighted by Gasteiger charge is 2.28. The Kier molecular flexibility index (Phi) is 2.22. The maximum atomic E-state index is 11.6. The van der Waals surface area contributed by atoms with E-state index in [0.717, 1.165) is 4.90 Å². The van der Waals surface area contributed by atoms with Gasteiger partial charge in [0.05, 0.1) is 4.90 Å². The number of hydrogen-bond donors (Lipinski definition) is 1. The Morgan fingerprint density at radius 1 is 1.38 bits per heavy atom. The molecule has 70 valence electrons. The molecule has 0 radical (unpaired) electrons. The van der Waals surface area contributed by atoms with Gasteiger partial charge in [-0.1, -0.05) is 32.0 Å². The average Bonchev–Trinajstić information content (AvgIpc) is 2.45. The smallest absolute Gasteiger partial charge is 0.125 e. The Hall–Kier alpha value is -0.670. The highest BCUT2D eigenvalue weighted by Crippen LogP contribution is 2.32. The summed E-state index contributed by atoms with van der Waals surface area (Å²) in [5, 5.41) is 0. The van der Waals surface area contributed by atoms with Crippen LogP contribution >= 0.6 is 0 Å². The minimum atomic E-state index is -0.998. The van der Waals surface area contributed by atoms with Gasteiger partial charge in [-0.15, -0.1) is 0 Å². The average molecular weight is 195 g/mol. The highest BCUT2D eigenvalue weighted by molar-refractivity contribution is 7.83. The lowest BCUT2D eigenvalue weighted by molar-refractivity contribution is 0.487. The van der Waals surface area contributed by atoms with Crippen molar-refractivity contribution >= 4 is 11.0 Å². The highest BCUT2D eigenvalue weighted by atomic mass is 32.2. The van der Waals surface area contributed by atoms with E-state index in [1.807, 2.05) is 18.2 Å². The monoisotopic (exact) mass is 195 g/mol. The quantitative estimate of drug-likeness (QED) is 0.729. The lowest BCUT2D eigenvalue weighted by Gasteiger charge is -2.14. The van der Waals surface area contributed by atoms with E-state index in [9.17, 15) is 4.21 Å². The molecule has 1 aromatic rings. The molecule has 1 N–H and O–H groups in total. The molecular weight excluding hydrogens is 182 g/mol. The molecule has 2 atom stereocenters. The molecule has 0 bridgehead atoms. The molecule has 1 aliphatic rings. The van der Waals surface area contributed by atoms with Gasteiger partial charge in [0.1, 0.15) is 11.0 Å². The van der Waals surface area contributed by atoms with Crippen LogP contribution in [0.3, 0.4) is 0 Å². The Labute approximate surface area is 80.9 Å². The molecule has 2 nitrogen and oxygen atoms in total. The molecule has 3 heteroatoms. The fourth-order valence-electron chi connectivity index (χ4n) is 1.64. The first-order chi connectivity index (χ1) is 6.20. The summed E-state index contributed by atoms with van der Waals surface area (Å²) in [6, 6.07) is 8.16. The minimum absolute atomic E-state index is 0.247. The van der Waals surface area contributed by atoms with Crippen molar-refractivity contribution < 1.29 is 4.21 Å². The first-order valence-electron chi connectivity index (χ1n) is 4.47. The zero-order chi connectivity index (χ0) is 9.42. The number of rotatable bonds is 1. The van der Waals surface area contributed by atoms with Gasteiger partial charge in [0.2, 0.25) is 0 Å². The van der Waals surface area contributed by atoms with Crippen LogP contribution < -0.4 is 4.72 Å². The van der Waals surface area contributed by atoms with Crippen LogP contribution in [0.25, 0.3) is 0 Å². The summed E-state index contributed by atoms with van der Waals surface area (Å²) in [6.07, 6.45) is 0. The first-order valence-corrected chi connectivity index (χ1v) is 5.62. The molecule has 1 aromatic carbocycles. The van der Waals surface area contributed by atoms with Crippen molar-refractivity contribution in [2.45, 2.75) is 24.8 Å². The Balaban J connectivity index is 2.47. The fraction of sp³-hybridized carbons (Fsp3) is 0.400. The fourth-order valence-corrected chi connectivity index (χ4v) is 3.01. The normalized spacial score (nSPS) is 26.4. The van der Waals surface area contributed by atoms with Crippen LogP contribution in [-0.4, -0.2) is 4.21 Å². The molecule has 0 saturated heterocycles. The minimum Gasteiger partial charge on any atom is -0.237 e. The molecule has 0 spiro atoms. The summed E-state index contributed by atoms with van der Waals surface area (Å²) in [5.41, 5.74) is 1.19. The predicted octanol–water partition coefficient (Wildman–Crippen LogP) is 2.01. The van der Waals surface area contributed by atoms with Gasteiger partial charge in [-0.25, -0.2) is 8.93 Å². The van der Waals surface area contributed by atoms with E-state index in [0.29, 0.717) is 5.92 Å². The van der Waals surface area contributed by atoms with Crippen LogP contribution in [-0.2, 0) is 11.0 Å². The van der Waals surface area contributed by atoms with E-state index in [1.165, 1.54) is 5.56 Å². The predicted molar refractivity (Wildman–Crippen MR) is 53.6 cm³/mol. The zero-order valence-corrected chi connectivity index (χ0v) is 8.60. The van der Waals surface area contributed by atoms with Gasteiger partial charge in [-0.05, 0) is 17.5 Å². The summed E-state index contributed by atoms with van der Waals surface area (Å²) in [6.45, 7) is 4.27. The van der Waals surface area contributed by atoms with Crippen molar-refractivity contribution in [2.24, 2.45) is 5.92 Å². The number of hydrogen-bond acceptors (Lipinski definition) is 1. The van der Waals surface area contributed by atoms with E-state index in [-0.39, 0.29) is 6.04 Å². The molecule has 13 heavy (non-hydrogen) atoms. The molecular formula is C10H13NOS. The van der Waals surface area contributed by atoms with Crippen LogP contribution in [0.4, 0.5) is 0 Å². The second-order valence-electron chi connectivity index (χ2n) is 3.65. The van der Waals surface area contributed by atoms with Crippen LogP contribution in [0.15, 0.2) is 29.2 Å². The van der Waals surface area contributed by atoms with Gasteiger partial charge in [-0.3, -0.25) is 0 Å².